The van der Waals surface area contributed by atoms with Crippen LogP contribution in [-0.4, -0.2) is 59.8 Å². The van der Waals surface area contributed by atoms with Gasteiger partial charge in [0.1, 0.15) is 5.82 Å². The maximum absolute atomic E-state index is 13.6. The van der Waals surface area contributed by atoms with Gasteiger partial charge in [0, 0.05) is 37.6 Å². The Hall–Kier alpha value is -3.79. The normalized spacial score (nSPS) is 17.9. The first-order chi connectivity index (χ1) is 19.4. The quantitative estimate of drug-likeness (QED) is 0.276. The van der Waals surface area contributed by atoms with Crippen molar-refractivity contribution < 1.29 is 26.0 Å². The van der Waals surface area contributed by atoms with Gasteiger partial charge in [0.2, 0.25) is 10.0 Å². The van der Waals surface area contributed by atoms with Crippen LogP contribution in [0, 0.1) is 30.0 Å². The maximum Gasteiger partial charge on any atom is 0.392 e. The molecular formula is C29H27F4N5O2S. The highest BCUT2D eigenvalue weighted by Crippen LogP contribution is 2.36. The first-order valence-corrected chi connectivity index (χ1v) is 14.4. The fourth-order valence-electron chi connectivity index (χ4n) is 5.18. The van der Waals surface area contributed by atoms with E-state index in [1.807, 2.05) is 25.1 Å². The van der Waals surface area contributed by atoms with E-state index in [-0.39, 0.29) is 36.9 Å². The van der Waals surface area contributed by atoms with Crippen molar-refractivity contribution >= 4 is 20.9 Å². The lowest BCUT2D eigenvalue weighted by molar-refractivity contribution is -0.176. The fraction of sp³-hybridized carbons (Fsp3) is 0.310. The molecular weight excluding hydrogens is 558 g/mol. The summed E-state index contributed by atoms with van der Waals surface area (Å²) >= 11 is 0. The third-order valence-electron chi connectivity index (χ3n) is 7.53. The number of benzene rings is 3. The number of rotatable bonds is 6. The standard InChI is InChI=1S/C29H27F4N5O2S/c1-19-13-27-22(16-35-38(27)24-7-5-23(30)6-8-24)14-26(19)28-18-37(12-11-36(28)17-20(2)29(31,32)33)41(39,40)25-9-3-21(15-34)4-10-25/h3-10,13-14,16,20,28H,11-12,17-18H2,1-2H3/t20?,28-/m1/s1. The van der Waals surface area contributed by atoms with Crippen molar-refractivity contribution in [1.29, 1.82) is 5.26 Å². The Kier molecular flexibility index (Phi) is 7.63. The van der Waals surface area contributed by atoms with Crippen LogP contribution >= 0.6 is 0 Å². The lowest BCUT2D eigenvalue weighted by Gasteiger charge is -2.42. The third-order valence-corrected chi connectivity index (χ3v) is 9.41. The van der Waals surface area contributed by atoms with E-state index in [0.717, 1.165) is 18.0 Å². The Morgan fingerprint density at radius 2 is 1.76 bits per heavy atom. The van der Waals surface area contributed by atoms with Crippen LogP contribution in [0.3, 0.4) is 0 Å². The zero-order valence-electron chi connectivity index (χ0n) is 22.3. The number of hydrogen-bond acceptors (Lipinski definition) is 5. The van der Waals surface area contributed by atoms with Crippen molar-refractivity contribution in [3.8, 4) is 11.8 Å². The number of alkyl halides is 3. The largest absolute Gasteiger partial charge is 0.392 e. The van der Waals surface area contributed by atoms with Gasteiger partial charge in [-0.3, -0.25) is 4.90 Å². The van der Waals surface area contributed by atoms with Crippen LogP contribution in [0.4, 0.5) is 17.6 Å². The van der Waals surface area contributed by atoms with Crippen LogP contribution in [0.25, 0.3) is 16.6 Å². The molecule has 214 valence electrons. The van der Waals surface area contributed by atoms with E-state index in [0.29, 0.717) is 22.2 Å². The van der Waals surface area contributed by atoms with E-state index in [2.05, 4.69) is 5.10 Å². The monoisotopic (exact) mass is 585 g/mol. The lowest BCUT2D eigenvalue weighted by atomic mass is 9.95. The number of halogens is 4. The average Bonchev–Trinajstić information content (AvgIpc) is 3.35. The summed E-state index contributed by atoms with van der Waals surface area (Å²) in [5, 5.41) is 14.2. The summed E-state index contributed by atoms with van der Waals surface area (Å²) in [6.07, 6.45) is -2.77. The highest BCUT2D eigenvalue weighted by Gasteiger charge is 2.41. The molecule has 0 amide bonds. The lowest BCUT2D eigenvalue weighted by Crippen LogP contribution is -2.52. The van der Waals surface area contributed by atoms with Crippen molar-refractivity contribution in [2.75, 3.05) is 26.2 Å². The van der Waals surface area contributed by atoms with Crippen LogP contribution in [0.1, 0.15) is 29.7 Å². The van der Waals surface area contributed by atoms with Gasteiger partial charge in [0.15, 0.2) is 0 Å². The molecule has 0 bridgehead atoms. The van der Waals surface area contributed by atoms with E-state index < -0.39 is 28.2 Å². The summed E-state index contributed by atoms with van der Waals surface area (Å²) in [5.74, 6) is -1.99. The SMILES string of the molecule is Cc1cc2c(cnn2-c2ccc(F)cc2)cc1[C@H]1CN(S(=O)(=O)c2ccc(C#N)cc2)CCN1CC(C)C(F)(F)F. The molecule has 2 heterocycles. The second kappa shape index (κ2) is 10.9. The van der Waals surface area contributed by atoms with Crippen molar-refractivity contribution in [1.82, 2.24) is 19.0 Å². The number of fused-ring (bicyclic) bond motifs is 1. The van der Waals surface area contributed by atoms with Crippen molar-refractivity contribution in [3.05, 3.63) is 89.4 Å². The number of aryl methyl sites for hydroxylation is 1. The molecule has 0 aliphatic carbocycles. The summed E-state index contributed by atoms with van der Waals surface area (Å²) in [4.78, 5) is 1.71. The minimum atomic E-state index is -4.40. The Bertz CT molecular complexity index is 1710. The van der Waals surface area contributed by atoms with Crippen molar-refractivity contribution in [3.63, 3.8) is 0 Å². The Morgan fingerprint density at radius 3 is 2.39 bits per heavy atom. The zero-order chi connectivity index (χ0) is 29.5. The summed E-state index contributed by atoms with van der Waals surface area (Å²) in [6.45, 7) is 2.74. The second-order valence-electron chi connectivity index (χ2n) is 10.3. The van der Waals surface area contributed by atoms with Gasteiger partial charge in [-0.15, -0.1) is 0 Å². The number of aromatic nitrogens is 2. The van der Waals surface area contributed by atoms with Crippen LogP contribution < -0.4 is 0 Å². The van der Waals surface area contributed by atoms with Crippen LogP contribution in [0.2, 0.25) is 0 Å². The number of nitrogens with zero attached hydrogens (tertiary/aromatic N) is 5. The molecule has 5 rings (SSSR count). The molecule has 41 heavy (non-hydrogen) atoms. The van der Waals surface area contributed by atoms with Gasteiger partial charge in [0.05, 0.1) is 39.8 Å². The van der Waals surface area contributed by atoms with Crippen LogP contribution in [0.15, 0.2) is 71.8 Å². The molecule has 1 saturated heterocycles. The topological polar surface area (TPSA) is 82.2 Å². The summed E-state index contributed by atoms with van der Waals surface area (Å²) in [7, 11) is -3.97. The molecule has 0 radical (unpaired) electrons. The summed E-state index contributed by atoms with van der Waals surface area (Å²) in [5.41, 5.74) is 3.15. The Labute approximate surface area is 235 Å². The highest BCUT2D eigenvalue weighted by atomic mass is 32.2. The number of hydrogen-bond donors (Lipinski definition) is 0. The fourth-order valence-corrected chi connectivity index (χ4v) is 6.61. The molecule has 1 unspecified atom stereocenters. The Morgan fingerprint density at radius 1 is 1.07 bits per heavy atom. The van der Waals surface area contributed by atoms with E-state index in [1.165, 1.54) is 40.7 Å². The molecule has 1 fully saturated rings. The van der Waals surface area contributed by atoms with Gasteiger partial charge in [-0.05, 0) is 78.7 Å². The molecule has 0 spiro atoms. The van der Waals surface area contributed by atoms with Gasteiger partial charge >= 0.3 is 6.18 Å². The van der Waals surface area contributed by atoms with Gasteiger partial charge in [0.25, 0.3) is 0 Å². The van der Waals surface area contributed by atoms with E-state index in [4.69, 9.17) is 5.26 Å². The molecule has 3 aromatic carbocycles. The molecule has 1 aliphatic heterocycles. The van der Waals surface area contributed by atoms with Gasteiger partial charge < -0.3 is 0 Å². The molecule has 2 atom stereocenters. The minimum absolute atomic E-state index is 0.0140. The second-order valence-corrected chi connectivity index (χ2v) is 12.2. The first-order valence-electron chi connectivity index (χ1n) is 12.9. The number of nitriles is 1. The molecule has 1 aliphatic rings. The van der Waals surface area contributed by atoms with Gasteiger partial charge in [-0.2, -0.15) is 27.8 Å². The van der Waals surface area contributed by atoms with Crippen molar-refractivity contribution in [2.24, 2.45) is 5.92 Å². The van der Waals surface area contributed by atoms with E-state index in [9.17, 15) is 26.0 Å². The zero-order valence-corrected chi connectivity index (χ0v) is 23.1. The smallest absolute Gasteiger partial charge is 0.293 e. The number of sulfonamides is 1. The molecule has 0 N–H and O–H groups in total. The Balaban J connectivity index is 1.53. The molecule has 12 heteroatoms. The molecule has 1 aromatic heterocycles. The molecule has 7 nitrogen and oxygen atoms in total. The van der Waals surface area contributed by atoms with Crippen LogP contribution in [0.5, 0.6) is 0 Å². The molecule has 0 saturated carbocycles. The van der Waals surface area contributed by atoms with E-state index >= 15 is 0 Å². The predicted molar refractivity (Wildman–Crippen MR) is 145 cm³/mol. The van der Waals surface area contributed by atoms with E-state index in [1.54, 1.807) is 27.9 Å². The third kappa shape index (κ3) is 5.70. The predicted octanol–water partition coefficient (Wildman–Crippen LogP) is 5.59. The number of piperazine rings is 1. The van der Waals surface area contributed by atoms with Gasteiger partial charge in [-0.25, -0.2) is 17.5 Å². The average molecular weight is 586 g/mol. The first kappa shape index (κ1) is 28.7. The van der Waals surface area contributed by atoms with Gasteiger partial charge in [-0.1, -0.05) is 6.92 Å². The minimum Gasteiger partial charge on any atom is -0.293 e. The van der Waals surface area contributed by atoms with Crippen molar-refractivity contribution in [2.45, 2.75) is 31.0 Å². The summed E-state index contributed by atoms with van der Waals surface area (Å²) < 4.78 is 84.2. The highest BCUT2D eigenvalue weighted by molar-refractivity contribution is 7.89. The van der Waals surface area contributed by atoms with Crippen LogP contribution in [-0.2, 0) is 10.0 Å². The summed E-state index contributed by atoms with van der Waals surface area (Å²) in [6, 6.07) is 16.4. The molecule has 4 aromatic rings. The maximum atomic E-state index is 13.6.